The Kier molecular flexibility index (Phi) is 5.34. The van der Waals surface area contributed by atoms with E-state index in [1.54, 1.807) is 18.2 Å². The van der Waals surface area contributed by atoms with E-state index in [4.69, 9.17) is 0 Å². The molecule has 0 atom stereocenters. The third-order valence-electron chi connectivity index (χ3n) is 5.05. The van der Waals surface area contributed by atoms with Crippen LogP contribution < -0.4 is 10.9 Å². The molecule has 4 rings (SSSR count). The topological polar surface area (TPSA) is 88.9 Å². The zero-order valence-electron chi connectivity index (χ0n) is 17.1. The molecule has 0 aliphatic carbocycles. The quantitative estimate of drug-likeness (QED) is 0.499. The number of carbonyl (C=O) groups excluding carboxylic acids is 2. The van der Waals surface area contributed by atoms with Crippen LogP contribution in [0.25, 0.3) is 11.4 Å². The average molecular weight is 422 g/mol. The first-order valence-electron chi connectivity index (χ1n) is 9.68. The number of hydrogen-bond acceptors (Lipinski definition) is 5. The van der Waals surface area contributed by atoms with E-state index in [0.717, 1.165) is 23.4 Å². The fourth-order valence-electron chi connectivity index (χ4n) is 3.67. The lowest BCUT2D eigenvalue weighted by Gasteiger charge is -2.34. The molecule has 30 heavy (non-hydrogen) atoms. The molecule has 0 fully saturated rings. The molecular formula is C22H23N5O2S. The first kappa shape index (κ1) is 20.2. The molecule has 0 saturated heterocycles. The summed E-state index contributed by atoms with van der Waals surface area (Å²) in [6, 6.07) is 15.4. The van der Waals surface area contributed by atoms with Crippen molar-refractivity contribution in [1.82, 2.24) is 25.6 Å². The lowest BCUT2D eigenvalue weighted by atomic mass is 9.87. The minimum Gasteiger partial charge on any atom is -0.296 e. The summed E-state index contributed by atoms with van der Waals surface area (Å²) in [7, 11) is 0. The van der Waals surface area contributed by atoms with Crippen LogP contribution in [0.2, 0.25) is 0 Å². The van der Waals surface area contributed by atoms with Gasteiger partial charge in [-0.1, -0.05) is 53.7 Å². The normalized spacial score (nSPS) is 13.8. The molecule has 2 aromatic carbocycles. The SMILES string of the molecule is Cc1cccc(C(=O)NNC(=O)CSc2nnc3n2C(C)(C)Cc2ccccc2-3)c1. The number of aromatic nitrogens is 3. The first-order chi connectivity index (χ1) is 14.3. The summed E-state index contributed by atoms with van der Waals surface area (Å²) in [4.78, 5) is 24.4. The number of benzene rings is 2. The van der Waals surface area contributed by atoms with Crippen molar-refractivity contribution in [3.05, 3.63) is 65.2 Å². The summed E-state index contributed by atoms with van der Waals surface area (Å²) in [5.74, 6) is 0.267. The second kappa shape index (κ2) is 7.95. The average Bonchev–Trinajstić information content (AvgIpc) is 3.16. The molecule has 1 aliphatic heterocycles. The van der Waals surface area contributed by atoms with Crippen LogP contribution in [-0.2, 0) is 16.8 Å². The maximum atomic E-state index is 12.3. The highest BCUT2D eigenvalue weighted by Crippen LogP contribution is 2.39. The molecule has 0 spiro atoms. The molecule has 154 valence electrons. The number of nitrogens with zero attached hydrogens (tertiary/aromatic N) is 3. The summed E-state index contributed by atoms with van der Waals surface area (Å²) < 4.78 is 2.10. The smallest absolute Gasteiger partial charge is 0.269 e. The molecule has 8 heteroatoms. The van der Waals surface area contributed by atoms with Gasteiger partial charge in [0.2, 0.25) is 5.91 Å². The fraction of sp³-hybridized carbons (Fsp3) is 0.273. The van der Waals surface area contributed by atoms with Gasteiger partial charge < -0.3 is 0 Å². The second-order valence-electron chi connectivity index (χ2n) is 7.95. The number of fused-ring (bicyclic) bond motifs is 3. The Morgan fingerprint density at radius 2 is 1.90 bits per heavy atom. The Balaban J connectivity index is 1.41. The van der Waals surface area contributed by atoms with Gasteiger partial charge in [0.15, 0.2) is 11.0 Å². The molecule has 1 aromatic heterocycles. The maximum absolute atomic E-state index is 12.3. The predicted molar refractivity (Wildman–Crippen MR) is 116 cm³/mol. The highest BCUT2D eigenvalue weighted by Gasteiger charge is 2.34. The Morgan fingerprint density at radius 3 is 2.70 bits per heavy atom. The predicted octanol–water partition coefficient (Wildman–Crippen LogP) is 3.10. The molecular weight excluding hydrogens is 398 g/mol. The van der Waals surface area contributed by atoms with E-state index < -0.39 is 0 Å². The standard InChI is InChI=1S/C22H23N5O2S/c1-14-7-6-9-15(11-14)20(29)25-23-18(28)13-30-21-26-24-19-17-10-5-4-8-16(17)12-22(2,3)27(19)21/h4-11H,12-13H2,1-3H3,(H,23,28)(H,25,29). The van der Waals surface area contributed by atoms with Gasteiger partial charge in [-0.25, -0.2) is 0 Å². The number of thioether (sulfide) groups is 1. The van der Waals surface area contributed by atoms with Crippen LogP contribution in [0.15, 0.2) is 53.7 Å². The van der Waals surface area contributed by atoms with Gasteiger partial charge in [-0.3, -0.25) is 25.0 Å². The molecule has 2 heterocycles. The van der Waals surface area contributed by atoms with Gasteiger partial charge in [-0.2, -0.15) is 0 Å². The van der Waals surface area contributed by atoms with Gasteiger partial charge in [0.25, 0.3) is 5.91 Å². The largest absolute Gasteiger partial charge is 0.296 e. The number of hydrogen-bond donors (Lipinski definition) is 2. The number of hydrazine groups is 1. The molecule has 2 amide bonds. The van der Waals surface area contributed by atoms with Crippen molar-refractivity contribution in [1.29, 1.82) is 0 Å². The highest BCUT2D eigenvalue weighted by atomic mass is 32.2. The third kappa shape index (κ3) is 3.95. The van der Waals surface area contributed by atoms with Crippen LogP contribution in [0.3, 0.4) is 0 Å². The van der Waals surface area contributed by atoms with Crippen LogP contribution in [0.4, 0.5) is 0 Å². The molecule has 0 saturated carbocycles. The van der Waals surface area contributed by atoms with E-state index in [1.165, 1.54) is 17.3 Å². The van der Waals surface area contributed by atoms with Gasteiger partial charge in [-0.15, -0.1) is 10.2 Å². The zero-order chi connectivity index (χ0) is 21.3. The minimum atomic E-state index is -0.352. The van der Waals surface area contributed by atoms with Crippen molar-refractivity contribution in [2.45, 2.75) is 37.9 Å². The first-order valence-corrected chi connectivity index (χ1v) is 10.7. The summed E-state index contributed by atoms with van der Waals surface area (Å²) >= 11 is 1.30. The molecule has 2 N–H and O–H groups in total. The zero-order valence-corrected chi connectivity index (χ0v) is 17.9. The molecule has 1 aliphatic rings. The van der Waals surface area contributed by atoms with E-state index in [0.29, 0.717) is 10.7 Å². The fourth-order valence-corrected chi connectivity index (χ4v) is 4.57. The van der Waals surface area contributed by atoms with E-state index in [1.807, 2.05) is 31.2 Å². The van der Waals surface area contributed by atoms with Gasteiger partial charge in [-0.05, 0) is 44.9 Å². The third-order valence-corrected chi connectivity index (χ3v) is 5.98. The monoisotopic (exact) mass is 421 g/mol. The van der Waals surface area contributed by atoms with E-state index in [9.17, 15) is 9.59 Å². The molecule has 0 bridgehead atoms. The van der Waals surface area contributed by atoms with Crippen LogP contribution in [0, 0.1) is 6.92 Å². The van der Waals surface area contributed by atoms with Crippen molar-refractivity contribution in [2.75, 3.05) is 5.75 Å². The Labute approximate surface area is 179 Å². The van der Waals surface area contributed by atoms with E-state index in [2.05, 4.69) is 45.5 Å². The number of nitrogens with one attached hydrogen (secondary N) is 2. The van der Waals surface area contributed by atoms with E-state index >= 15 is 0 Å². The molecule has 0 unspecified atom stereocenters. The summed E-state index contributed by atoms with van der Waals surface area (Å²) in [5.41, 5.74) is 8.51. The lowest BCUT2D eigenvalue weighted by Crippen LogP contribution is -2.42. The van der Waals surface area contributed by atoms with Gasteiger partial charge in [0.1, 0.15) is 0 Å². The minimum absolute atomic E-state index is 0.115. The molecule has 7 nitrogen and oxygen atoms in total. The number of rotatable bonds is 4. The van der Waals surface area contributed by atoms with Crippen molar-refractivity contribution < 1.29 is 9.59 Å². The van der Waals surface area contributed by atoms with Crippen LogP contribution in [0.5, 0.6) is 0 Å². The van der Waals surface area contributed by atoms with Gasteiger partial charge in [0.05, 0.1) is 5.75 Å². The maximum Gasteiger partial charge on any atom is 0.269 e. The van der Waals surface area contributed by atoms with Crippen molar-refractivity contribution in [3.8, 4) is 11.4 Å². The van der Waals surface area contributed by atoms with Crippen LogP contribution >= 0.6 is 11.8 Å². The summed E-state index contributed by atoms with van der Waals surface area (Å²) in [6.45, 7) is 6.19. The molecule has 0 radical (unpaired) electrons. The van der Waals surface area contributed by atoms with Gasteiger partial charge in [0, 0.05) is 16.7 Å². The molecule has 3 aromatic rings. The Hall–Kier alpha value is -3.13. The van der Waals surface area contributed by atoms with Crippen molar-refractivity contribution in [2.24, 2.45) is 0 Å². The van der Waals surface area contributed by atoms with Crippen molar-refractivity contribution in [3.63, 3.8) is 0 Å². The van der Waals surface area contributed by atoms with Crippen molar-refractivity contribution >= 4 is 23.6 Å². The Bertz CT molecular complexity index is 1120. The second-order valence-corrected chi connectivity index (χ2v) is 8.89. The number of aryl methyl sites for hydroxylation is 1. The summed E-state index contributed by atoms with van der Waals surface area (Å²) in [6.07, 6.45) is 0.862. The Morgan fingerprint density at radius 1 is 1.10 bits per heavy atom. The summed E-state index contributed by atoms with van der Waals surface area (Å²) in [5, 5.41) is 9.39. The van der Waals surface area contributed by atoms with E-state index in [-0.39, 0.29) is 23.1 Å². The van der Waals surface area contributed by atoms with Crippen LogP contribution in [-0.4, -0.2) is 32.3 Å². The lowest BCUT2D eigenvalue weighted by molar-refractivity contribution is -0.119. The van der Waals surface area contributed by atoms with Gasteiger partial charge >= 0.3 is 0 Å². The number of amides is 2. The highest BCUT2D eigenvalue weighted by molar-refractivity contribution is 7.99. The van der Waals surface area contributed by atoms with Crippen LogP contribution in [0.1, 0.15) is 35.3 Å². The number of carbonyl (C=O) groups is 2.